The van der Waals surface area contributed by atoms with Gasteiger partial charge in [0.1, 0.15) is 5.78 Å². The Labute approximate surface area is 234 Å². The molecule has 2 heterocycles. The average Bonchev–Trinajstić information content (AvgIpc) is 3.57. The summed E-state index contributed by atoms with van der Waals surface area (Å²) in [6.07, 6.45) is 5.72. The van der Waals surface area contributed by atoms with Crippen LogP contribution < -0.4 is 0 Å². The molecule has 6 rings (SSSR count). The summed E-state index contributed by atoms with van der Waals surface area (Å²) in [5.74, 6) is -0.431. The molecule has 4 aliphatic rings. The van der Waals surface area contributed by atoms with E-state index in [4.69, 9.17) is 18.9 Å². The van der Waals surface area contributed by atoms with Crippen LogP contribution in [-0.2, 0) is 29.3 Å². The van der Waals surface area contributed by atoms with Gasteiger partial charge in [-0.3, -0.25) is 4.79 Å². The van der Waals surface area contributed by atoms with Crippen molar-refractivity contribution in [2.45, 2.75) is 82.4 Å². The minimum atomic E-state index is -0.714. The first kappa shape index (κ1) is 28.6. The molecule has 1 N–H and O–H groups in total. The van der Waals surface area contributed by atoms with Gasteiger partial charge >= 0.3 is 0 Å². The summed E-state index contributed by atoms with van der Waals surface area (Å²) in [4.78, 5) is 10.9. The van der Waals surface area contributed by atoms with Gasteiger partial charge in [0.05, 0.1) is 32.0 Å². The number of carbonyl (C=O) groups is 1. The number of benzene rings is 2. The number of carbonyl (C=O) groups excluding carboxylic acids is 1. The second-order valence-electron chi connectivity index (χ2n) is 10.4. The molecule has 2 aliphatic carbocycles. The van der Waals surface area contributed by atoms with E-state index in [1.54, 1.807) is 0 Å². The molecule has 2 aliphatic heterocycles. The topological polar surface area (TPSA) is 74.2 Å². The van der Waals surface area contributed by atoms with E-state index in [1.807, 2.05) is 12.1 Å². The van der Waals surface area contributed by atoms with Crippen molar-refractivity contribution in [1.29, 1.82) is 0 Å². The lowest BCUT2D eigenvalue weighted by molar-refractivity contribution is -0.204. The van der Waals surface area contributed by atoms with E-state index in [0.29, 0.717) is 57.9 Å². The number of halogens is 1. The number of hydrogen-bond acceptors (Lipinski definition) is 6. The Morgan fingerprint density at radius 2 is 1.05 bits per heavy atom. The van der Waals surface area contributed by atoms with Crippen molar-refractivity contribution in [3.8, 4) is 0 Å². The maximum atomic E-state index is 10.9. The molecule has 202 valence electrons. The molecule has 0 bridgehead atoms. The maximum Gasteiger partial charge on any atom is 0.169 e. The molecule has 0 amide bonds. The fourth-order valence-electron chi connectivity index (χ4n) is 5.21. The Balaban J connectivity index is 0.000000143. The van der Waals surface area contributed by atoms with Crippen LogP contribution >= 0.6 is 22.6 Å². The number of ketones is 1. The van der Waals surface area contributed by atoms with Crippen molar-refractivity contribution in [2.24, 2.45) is 0 Å². The first-order valence-electron chi connectivity index (χ1n) is 13.3. The highest BCUT2D eigenvalue weighted by atomic mass is 127. The summed E-state index contributed by atoms with van der Waals surface area (Å²) in [7, 11) is 0. The summed E-state index contributed by atoms with van der Waals surface area (Å²) < 4.78 is 23.6. The molecule has 7 heteroatoms. The third-order valence-corrected chi connectivity index (χ3v) is 8.35. The van der Waals surface area contributed by atoms with E-state index in [0.717, 1.165) is 31.2 Å². The summed E-state index contributed by atoms with van der Waals surface area (Å²) in [6.45, 7) is 6.90. The number of rotatable bonds is 1. The minimum Gasteiger partial charge on any atom is -0.385 e. The molecule has 2 saturated heterocycles. The van der Waals surface area contributed by atoms with Crippen LogP contribution in [0.1, 0.15) is 68.1 Å². The highest BCUT2D eigenvalue weighted by Crippen LogP contribution is 2.44. The monoisotopic (exact) mass is 622 g/mol. The summed E-state index contributed by atoms with van der Waals surface area (Å²) in [6, 6.07) is 16.6. The normalized spacial score (nSPS) is 23.2. The molecule has 0 atom stereocenters. The van der Waals surface area contributed by atoms with E-state index in [9.17, 15) is 9.90 Å². The van der Waals surface area contributed by atoms with Crippen molar-refractivity contribution in [1.82, 2.24) is 0 Å². The van der Waals surface area contributed by atoms with Gasteiger partial charge in [0.15, 0.2) is 11.6 Å². The van der Waals surface area contributed by atoms with E-state index in [1.165, 1.54) is 14.7 Å². The summed E-state index contributed by atoms with van der Waals surface area (Å²) >= 11 is 2.30. The van der Waals surface area contributed by atoms with Gasteiger partial charge < -0.3 is 24.1 Å². The SMILES string of the molecule is Cc1ccc(C2(O)CCC3(CC2)OCCO3)cc1.Cc1ccc(I)cc1.O=C1CCC2(CC1)OCCO2. The lowest BCUT2D eigenvalue weighted by Gasteiger charge is -2.40. The van der Waals surface area contributed by atoms with Gasteiger partial charge in [-0.25, -0.2) is 0 Å². The van der Waals surface area contributed by atoms with Crippen molar-refractivity contribution in [3.05, 3.63) is 68.8 Å². The molecular weight excluding hydrogens is 583 g/mol. The number of hydrogen-bond donors (Lipinski definition) is 1. The fraction of sp³-hybridized carbons (Fsp3) is 0.567. The van der Waals surface area contributed by atoms with Gasteiger partial charge in [-0.05, 0) is 67.0 Å². The predicted molar refractivity (Wildman–Crippen MR) is 150 cm³/mol. The zero-order valence-electron chi connectivity index (χ0n) is 22.0. The third kappa shape index (κ3) is 7.83. The Morgan fingerprint density at radius 3 is 1.49 bits per heavy atom. The Hall–Kier alpha value is -1.36. The van der Waals surface area contributed by atoms with Crippen LogP contribution in [0, 0.1) is 17.4 Å². The molecule has 6 nitrogen and oxygen atoms in total. The van der Waals surface area contributed by atoms with E-state index in [-0.39, 0.29) is 5.79 Å². The Morgan fingerprint density at radius 1 is 0.649 bits per heavy atom. The van der Waals surface area contributed by atoms with E-state index < -0.39 is 11.4 Å². The van der Waals surface area contributed by atoms with Crippen LogP contribution in [0.25, 0.3) is 0 Å². The number of aliphatic hydroxyl groups is 1. The summed E-state index contributed by atoms with van der Waals surface area (Å²) in [5.41, 5.74) is 2.84. The van der Waals surface area contributed by atoms with Crippen LogP contribution in [0.15, 0.2) is 48.5 Å². The second kappa shape index (κ2) is 12.7. The quantitative estimate of drug-likeness (QED) is 0.395. The summed E-state index contributed by atoms with van der Waals surface area (Å²) in [5, 5.41) is 10.8. The van der Waals surface area contributed by atoms with Crippen LogP contribution in [-0.4, -0.2) is 48.9 Å². The van der Waals surface area contributed by atoms with Gasteiger partial charge in [0, 0.05) is 42.1 Å². The number of aryl methyl sites for hydroxylation is 2. The van der Waals surface area contributed by atoms with Crippen LogP contribution in [0.5, 0.6) is 0 Å². The second-order valence-corrected chi connectivity index (χ2v) is 11.7. The number of Topliss-reactive ketones (excluding diaryl/α,β-unsaturated/α-hetero) is 1. The fourth-order valence-corrected chi connectivity index (χ4v) is 5.57. The highest BCUT2D eigenvalue weighted by Gasteiger charge is 2.46. The van der Waals surface area contributed by atoms with Crippen LogP contribution in [0.3, 0.4) is 0 Å². The first-order chi connectivity index (χ1) is 17.7. The van der Waals surface area contributed by atoms with E-state index in [2.05, 4.69) is 72.8 Å². The first-order valence-corrected chi connectivity index (χ1v) is 14.4. The zero-order valence-corrected chi connectivity index (χ0v) is 24.1. The van der Waals surface area contributed by atoms with Gasteiger partial charge in [-0.1, -0.05) is 47.5 Å². The van der Waals surface area contributed by atoms with Gasteiger partial charge in [0.2, 0.25) is 0 Å². The van der Waals surface area contributed by atoms with Crippen molar-refractivity contribution >= 4 is 28.4 Å². The van der Waals surface area contributed by atoms with Crippen molar-refractivity contribution in [2.75, 3.05) is 26.4 Å². The molecule has 2 aromatic carbocycles. The zero-order chi connectivity index (χ0) is 26.4. The van der Waals surface area contributed by atoms with E-state index >= 15 is 0 Å². The molecule has 0 unspecified atom stereocenters. The average molecular weight is 623 g/mol. The maximum absolute atomic E-state index is 10.9. The van der Waals surface area contributed by atoms with Gasteiger partial charge in [-0.2, -0.15) is 0 Å². The predicted octanol–water partition coefficient (Wildman–Crippen LogP) is 5.97. The van der Waals surface area contributed by atoms with Crippen molar-refractivity contribution in [3.63, 3.8) is 0 Å². The molecule has 0 aromatic heterocycles. The molecule has 2 aromatic rings. The minimum absolute atomic E-state index is 0.342. The molecule has 2 spiro atoms. The smallest absolute Gasteiger partial charge is 0.169 e. The molecule has 4 fully saturated rings. The Kier molecular flexibility index (Phi) is 9.80. The lowest BCUT2D eigenvalue weighted by atomic mass is 9.77. The van der Waals surface area contributed by atoms with Crippen LogP contribution in [0.4, 0.5) is 0 Å². The third-order valence-electron chi connectivity index (χ3n) is 7.64. The molecule has 0 radical (unpaired) electrons. The number of ether oxygens (including phenoxy) is 4. The standard InChI is InChI=1S/C15H20O3.C8H12O3.C7H7I/c1-12-2-4-13(5-3-12)14(16)6-8-15(9-7-14)17-10-11-18-15;9-7-1-3-8(4-2-7)10-5-6-11-8;1-6-2-4-7(8)5-3-6/h2-5,16H,6-11H2,1H3;1-6H2;2-5H,1H3. The molecule has 37 heavy (non-hydrogen) atoms. The lowest BCUT2D eigenvalue weighted by Crippen LogP contribution is -2.42. The van der Waals surface area contributed by atoms with Crippen LogP contribution in [0.2, 0.25) is 0 Å². The van der Waals surface area contributed by atoms with Gasteiger partial charge in [-0.15, -0.1) is 0 Å². The molecule has 2 saturated carbocycles. The van der Waals surface area contributed by atoms with Gasteiger partial charge in [0.25, 0.3) is 0 Å². The Bertz CT molecular complexity index is 964. The highest BCUT2D eigenvalue weighted by molar-refractivity contribution is 14.1. The largest absolute Gasteiger partial charge is 0.385 e. The van der Waals surface area contributed by atoms with Crippen molar-refractivity contribution < 1.29 is 28.8 Å². The molecular formula is C30H39IO6.